The van der Waals surface area contributed by atoms with Crippen LogP contribution in [0.15, 0.2) is 36.5 Å². The van der Waals surface area contributed by atoms with E-state index in [-0.39, 0.29) is 5.91 Å². The minimum atomic E-state index is -1.26. The SMILES string of the molecule is CCN(CC)C1CCN(C(=O)c2ccc3[nH]c4c(c3c2)CCCc2cn[nH]c2-4)CC1.O=C(O)/C=C/C(=O)O. The van der Waals surface area contributed by atoms with Gasteiger partial charge in [0.2, 0.25) is 0 Å². The Kier molecular flexibility index (Phi) is 8.62. The third kappa shape index (κ3) is 5.96. The van der Waals surface area contributed by atoms with Gasteiger partial charge in [-0.05, 0) is 74.5 Å². The molecule has 0 atom stereocenters. The zero-order chi connectivity index (χ0) is 27.2. The molecule has 0 saturated carbocycles. The van der Waals surface area contributed by atoms with Crippen LogP contribution in [0.5, 0.6) is 0 Å². The Bertz CT molecular complexity index is 1310. The number of carboxylic acids is 2. The maximum absolute atomic E-state index is 13.3. The molecule has 202 valence electrons. The summed E-state index contributed by atoms with van der Waals surface area (Å²) in [7, 11) is 0. The molecule has 1 aliphatic heterocycles. The third-order valence-electron chi connectivity index (χ3n) is 7.44. The molecule has 1 fully saturated rings. The van der Waals surface area contributed by atoms with E-state index in [0.29, 0.717) is 18.2 Å². The van der Waals surface area contributed by atoms with Crippen LogP contribution in [0, 0.1) is 0 Å². The number of nitrogens with one attached hydrogen (secondary N) is 2. The minimum absolute atomic E-state index is 0.167. The van der Waals surface area contributed by atoms with Gasteiger partial charge >= 0.3 is 11.9 Å². The van der Waals surface area contributed by atoms with Crippen LogP contribution in [0.2, 0.25) is 0 Å². The summed E-state index contributed by atoms with van der Waals surface area (Å²) in [6.45, 7) is 8.32. The van der Waals surface area contributed by atoms with Crippen LogP contribution in [0.25, 0.3) is 22.3 Å². The number of carboxylic acid groups (broad SMARTS) is 2. The molecule has 5 rings (SSSR count). The summed E-state index contributed by atoms with van der Waals surface area (Å²) < 4.78 is 0. The molecule has 10 nitrogen and oxygen atoms in total. The first-order valence-electron chi connectivity index (χ1n) is 13.2. The fraction of sp³-hybridized carbons (Fsp3) is 0.429. The van der Waals surface area contributed by atoms with E-state index in [9.17, 15) is 14.4 Å². The first-order valence-corrected chi connectivity index (χ1v) is 13.2. The number of aromatic amines is 2. The Hall–Kier alpha value is -3.92. The van der Waals surface area contributed by atoms with Gasteiger partial charge < -0.3 is 25.0 Å². The highest BCUT2D eigenvalue weighted by Gasteiger charge is 2.27. The van der Waals surface area contributed by atoms with Crippen LogP contribution in [-0.4, -0.2) is 85.3 Å². The average Bonchev–Trinajstić information content (AvgIpc) is 3.48. The Morgan fingerprint density at radius 1 is 1.05 bits per heavy atom. The number of amides is 1. The smallest absolute Gasteiger partial charge is 0.328 e. The predicted octanol–water partition coefficient (Wildman–Crippen LogP) is 3.70. The standard InChI is InChI=1S/C24H31N5O.C4H4O4/c1-3-28(4-2)18-10-12-29(13-11-18)24(30)16-8-9-21-20(14-16)19-7-5-6-17-15-25-27-22(17)23(19)26-21;5-3(6)1-2-4(7)8/h8-9,14-15,18,26H,3-7,10-13H2,1-2H3,(H,25,27);1-2H,(H,5,6)(H,7,8)/b;2-1+. The second-order valence-corrected chi connectivity index (χ2v) is 9.62. The molecule has 4 N–H and O–H groups in total. The Morgan fingerprint density at radius 2 is 1.74 bits per heavy atom. The summed E-state index contributed by atoms with van der Waals surface area (Å²) in [6, 6.07) is 6.75. The first-order chi connectivity index (χ1) is 18.3. The number of fused-ring (bicyclic) bond motifs is 5. The van der Waals surface area contributed by atoms with Gasteiger partial charge in [0.05, 0.1) is 17.6 Å². The normalized spacial score (nSPS) is 15.6. The van der Waals surface area contributed by atoms with Gasteiger partial charge in [0, 0.05) is 47.7 Å². The lowest BCUT2D eigenvalue weighted by molar-refractivity contribution is -0.134. The topological polar surface area (TPSA) is 143 Å². The third-order valence-corrected chi connectivity index (χ3v) is 7.44. The largest absolute Gasteiger partial charge is 0.478 e. The number of H-pyrrole nitrogens is 2. The van der Waals surface area contributed by atoms with Crippen molar-refractivity contribution in [2.24, 2.45) is 0 Å². The molecule has 1 aliphatic carbocycles. The zero-order valence-corrected chi connectivity index (χ0v) is 21.9. The zero-order valence-electron chi connectivity index (χ0n) is 21.9. The summed E-state index contributed by atoms with van der Waals surface area (Å²) in [5, 5.41) is 24.2. The van der Waals surface area contributed by atoms with E-state index in [1.165, 1.54) is 16.5 Å². The number of carbonyl (C=O) groups excluding carboxylic acids is 1. The lowest BCUT2D eigenvalue weighted by Gasteiger charge is -2.37. The highest BCUT2D eigenvalue weighted by atomic mass is 16.4. The molecule has 0 unspecified atom stereocenters. The fourth-order valence-electron chi connectivity index (χ4n) is 5.53. The lowest BCUT2D eigenvalue weighted by Crippen LogP contribution is -2.46. The van der Waals surface area contributed by atoms with Crippen molar-refractivity contribution in [3.8, 4) is 11.4 Å². The number of piperidine rings is 1. The van der Waals surface area contributed by atoms with E-state index in [1.54, 1.807) is 0 Å². The summed E-state index contributed by atoms with van der Waals surface area (Å²) in [6.07, 6.45) is 8.34. The van der Waals surface area contributed by atoms with E-state index >= 15 is 0 Å². The van der Waals surface area contributed by atoms with Crippen molar-refractivity contribution in [2.45, 2.75) is 52.0 Å². The van der Waals surface area contributed by atoms with Gasteiger partial charge in [0.1, 0.15) is 0 Å². The van der Waals surface area contributed by atoms with Crippen LogP contribution in [0.1, 0.15) is 54.6 Å². The van der Waals surface area contributed by atoms with Crippen molar-refractivity contribution in [1.82, 2.24) is 25.0 Å². The molecule has 0 bridgehead atoms. The molecule has 3 aromatic rings. The van der Waals surface area contributed by atoms with E-state index in [1.807, 2.05) is 17.2 Å². The summed E-state index contributed by atoms with van der Waals surface area (Å²) in [4.78, 5) is 40.5. The van der Waals surface area contributed by atoms with Crippen molar-refractivity contribution in [1.29, 1.82) is 0 Å². The van der Waals surface area contributed by atoms with E-state index < -0.39 is 11.9 Å². The number of aliphatic carboxylic acids is 2. The van der Waals surface area contributed by atoms with E-state index in [4.69, 9.17) is 10.2 Å². The quantitative estimate of drug-likeness (QED) is 0.362. The lowest BCUT2D eigenvalue weighted by atomic mass is 10.0. The highest BCUT2D eigenvalue weighted by Crippen LogP contribution is 2.36. The summed E-state index contributed by atoms with van der Waals surface area (Å²) in [5.41, 5.74) is 6.72. The van der Waals surface area contributed by atoms with Crippen LogP contribution in [0.3, 0.4) is 0 Å². The van der Waals surface area contributed by atoms with Crippen LogP contribution in [-0.2, 0) is 22.4 Å². The number of nitrogens with zero attached hydrogens (tertiary/aromatic N) is 3. The monoisotopic (exact) mass is 521 g/mol. The van der Waals surface area contributed by atoms with Gasteiger partial charge in [0.15, 0.2) is 0 Å². The number of carbonyl (C=O) groups is 3. The van der Waals surface area contributed by atoms with Gasteiger partial charge in [-0.15, -0.1) is 0 Å². The Labute approximate surface area is 221 Å². The molecular formula is C28H35N5O5. The van der Waals surface area contributed by atoms with Crippen molar-refractivity contribution in [2.75, 3.05) is 26.2 Å². The van der Waals surface area contributed by atoms with E-state index in [2.05, 4.69) is 46.1 Å². The number of hydrogen-bond acceptors (Lipinski definition) is 5. The Morgan fingerprint density at radius 3 is 2.37 bits per heavy atom. The minimum Gasteiger partial charge on any atom is -0.478 e. The predicted molar refractivity (Wildman–Crippen MR) is 144 cm³/mol. The summed E-state index contributed by atoms with van der Waals surface area (Å²) in [5.74, 6) is -2.35. The van der Waals surface area contributed by atoms with Gasteiger partial charge in [0.25, 0.3) is 5.91 Å². The average molecular weight is 522 g/mol. The highest BCUT2D eigenvalue weighted by molar-refractivity contribution is 6.00. The van der Waals surface area contributed by atoms with Crippen LogP contribution >= 0.6 is 0 Å². The first kappa shape index (κ1) is 27.1. The number of likely N-dealkylation sites (tertiary alicyclic amines) is 1. The van der Waals surface area contributed by atoms with Crippen LogP contribution < -0.4 is 0 Å². The van der Waals surface area contributed by atoms with Gasteiger partial charge in [-0.3, -0.25) is 9.89 Å². The molecule has 0 spiro atoms. The van der Waals surface area contributed by atoms with Crippen molar-refractivity contribution >= 4 is 28.7 Å². The van der Waals surface area contributed by atoms with Gasteiger partial charge in [-0.1, -0.05) is 13.8 Å². The van der Waals surface area contributed by atoms with Crippen molar-refractivity contribution < 1.29 is 24.6 Å². The molecule has 2 aromatic heterocycles. The molecule has 1 aromatic carbocycles. The molecule has 3 heterocycles. The Balaban J connectivity index is 0.000000368. The van der Waals surface area contributed by atoms with Gasteiger partial charge in [-0.25, -0.2) is 9.59 Å². The second kappa shape index (κ2) is 12.1. The van der Waals surface area contributed by atoms with Gasteiger partial charge in [-0.2, -0.15) is 5.10 Å². The number of benzene rings is 1. The molecule has 2 aliphatic rings. The number of aryl methyl sites for hydroxylation is 2. The number of hydrogen-bond donors (Lipinski definition) is 4. The summed E-state index contributed by atoms with van der Waals surface area (Å²) >= 11 is 0. The second-order valence-electron chi connectivity index (χ2n) is 9.62. The fourth-order valence-corrected chi connectivity index (χ4v) is 5.53. The van der Waals surface area contributed by atoms with Crippen molar-refractivity contribution in [3.05, 3.63) is 53.2 Å². The molecule has 0 radical (unpaired) electrons. The number of rotatable bonds is 6. The molecule has 38 heavy (non-hydrogen) atoms. The maximum atomic E-state index is 13.3. The molecular weight excluding hydrogens is 486 g/mol. The molecule has 10 heteroatoms. The molecule has 1 saturated heterocycles. The maximum Gasteiger partial charge on any atom is 0.328 e. The van der Waals surface area contributed by atoms with E-state index in [0.717, 1.165) is 80.8 Å². The van der Waals surface area contributed by atoms with Crippen LogP contribution in [0.4, 0.5) is 0 Å². The van der Waals surface area contributed by atoms with Crippen molar-refractivity contribution in [3.63, 3.8) is 0 Å². The number of aromatic nitrogens is 3. The molecule has 1 amide bonds.